The van der Waals surface area contributed by atoms with Crippen molar-refractivity contribution in [2.75, 3.05) is 23.3 Å². The summed E-state index contributed by atoms with van der Waals surface area (Å²) in [6, 6.07) is 12.4. The first kappa shape index (κ1) is 22.1. The second-order valence-corrected chi connectivity index (χ2v) is 8.64. The third-order valence-electron chi connectivity index (χ3n) is 6.12. The molecular weight excluding hydrogens is 426 g/mol. The van der Waals surface area contributed by atoms with Crippen LogP contribution in [-0.4, -0.2) is 35.7 Å². The summed E-state index contributed by atoms with van der Waals surface area (Å²) in [6.45, 7) is 5.30. The summed E-state index contributed by atoms with van der Waals surface area (Å²) in [5.41, 5.74) is 3.40. The molecule has 0 spiro atoms. The lowest BCUT2D eigenvalue weighted by molar-refractivity contribution is -0.120. The van der Waals surface area contributed by atoms with E-state index in [9.17, 15) is 14.4 Å². The van der Waals surface area contributed by atoms with E-state index in [1.165, 1.54) is 0 Å². The number of carbonyl (C=O) groups excluding carboxylic acids is 3. The van der Waals surface area contributed by atoms with Gasteiger partial charge in [0.2, 0.25) is 0 Å². The molecule has 2 aromatic carbocycles. The predicted molar refractivity (Wildman–Crippen MR) is 126 cm³/mol. The zero-order valence-corrected chi connectivity index (χ0v) is 19.0. The number of hydrogen-bond donors (Lipinski definition) is 1. The third kappa shape index (κ3) is 4.15. The lowest BCUT2D eigenvalue weighted by Crippen LogP contribution is -2.33. The summed E-state index contributed by atoms with van der Waals surface area (Å²) >= 11 is 6.28. The van der Waals surface area contributed by atoms with Gasteiger partial charge < -0.3 is 10.2 Å². The fourth-order valence-electron chi connectivity index (χ4n) is 4.14. The molecule has 0 unspecified atom stereocenters. The molecule has 0 aromatic heterocycles. The Hall–Kier alpha value is -3.12. The molecule has 0 radical (unpaired) electrons. The van der Waals surface area contributed by atoms with E-state index in [-0.39, 0.29) is 16.6 Å². The van der Waals surface area contributed by atoms with Crippen LogP contribution in [-0.2, 0) is 9.59 Å². The van der Waals surface area contributed by atoms with Gasteiger partial charge in [0.15, 0.2) is 0 Å². The number of nitrogens with zero attached hydrogens (tertiary/aromatic N) is 2. The molecule has 4 rings (SSSR count). The van der Waals surface area contributed by atoms with Crippen LogP contribution in [0.2, 0.25) is 0 Å². The van der Waals surface area contributed by atoms with E-state index >= 15 is 0 Å². The van der Waals surface area contributed by atoms with Gasteiger partial charge in [0, 0.05) is 24.3 Å². The molecule has 166 valence electrons. The van der Waals surface area contributed by atoms with Gasteiger partial charge in [-0.3, -0.25) is 14.4 Å². The minimum atomic E-state index is -0.565. The fourth-order valence-corrected chi connectivity index (χ4v) is 4.35. The van der Waals surface area contributed by atoms with Crippen LogP contribution in [0.25, 0.3) is 0 Å². The van der Waals surface area contributed by atoms with Gasteiger partial charge in [-0.1, -0.05) is 42.6 Å². The van der Waals surface area contributed by atoms with Gasteiger partial charge in [-0.15, -0.1) is 0 Å². The van der Waals surface area contributed by atoms with Crippen molar-refractivity contribution in [1.82, 2.24) is 4.90 Å². The highest BCUT2D eigenvalue weighted by atomic mass is 35.5. The van der Waals surface area contributed by atoms with Crippen LogP contribution in [0.3, 0.4) is 0 Å². The number of imide groups is 1. The summed E-state index contributed by atoms with van der Waals surface area (Å²) in [6.07, 6.45) is 4.31. The van der Waals surface area contributed by atoms with E-state index in [0.717, 1.165) is 54.8 Å². The van der Waals surface area contributed by atoms with Crippen molar-refractivity contribution in [3.63, 3.8) is 0 Å². The molecule has 7 heteroatoms. The Kier molecular flexibility index (Phi) is 6.33. The Bertz CT molecular complexity index is 1120. The normalized spacial score (nSPS) is 17.1. The molecule has 1 saturated heterocycles. The standard InChI is InChI=1S/C25H26ClN3O3/c1-16-9-7-12-20(17(16)2)29-24(31)21(26)22(25(29)32)27-19-11-8-10-18(15-19)23(30)28-13-5-3-4-6-14-28/h7-12,15,27H,3-6,13-14H2,1-2H3. The fraction of sp³-hybridized carbons (Fsp3) is 0.320. The van der Waals surface area contributed by atoms with Crippen molar-refractivity contribution < 1.29 is 14.4 Å². The van der Waals surface area contributed by atoms with Crippen molar-refractivity contribution in [3.8, 4) is 0 Å². The molecule has 32 heavy (non-hydrogen) atoms. The molecule has 1 fully saturated rings. The van der Waals surface area contributed by atoms with Gasteiger partial charge in [0.05, 0.1) is 5.69 Å². The van der Waals surface area contributed by atoms with E-state index < -0.39 is 11.8 Å². The highest BCUT2D eigenvalue weighted by Crippen LogP contribution is 2.33. The summed E-state index contributed by atoms with van der Waals surface area (Å²) in [7, 11) is 0. The predicted octanol–water partition coefficient (Wildman–Crippen LogP) is 4.76. The minimum Gasteiger partial charge on any atom is -0.350 e. The maximum Gasteiger partial charge on any atom is 0.283 e. The van der Waals surface area contributed by atoms with E-state index in [1.54, 1.807) is 36.4 Å². The van der Waals surface area contributed by atoms with Gasteiger partial charge >= 0.3 is 0 Å². The number of likely N-dealkylation sites (tertiary alicyclic amines) is 1. The number of rotatable bonds is 4. The van der Waals surface area contributed by atoms with E-state index in [1.807, 2.05) is 24.8 Å². The third-order valence-corrected chi connectivity index (χ3v) is 6.47. The quantitative estimate of drug-likeness (QED) is 0.680. The van der Waals surface area contributed by atoms with Crippen LogP contribution in [0, 0.1) is 13.8 Å². The van der Waals surface area contributed by atoms with Gasteiger partial charge in [0.25, 0.3) is 17.7 Å². The maximum absolute atomic E-state index is 13.1. The number of carbonyl (C=O) groups is 3. The van der Waals surface area contributed by atoms with Gasteiger partial charge in [-0.2, -0.15) is 0 Å². The molecule has 1 N–H and O–H groups in total. The lowest BCUT2D eigenvalue weighted by Gasteiger charge is -2.21. The molecular formula is C25H26ClN3O3. The first-order chi connectivity index (χ1) is 15.4. The Morgan fingerprint density at radius 1 is 0.938 bits per heavy atom. The van der Waals surface area contributed by atoms with Gasteiger partial charge in [0.1, 0.15) is 10.7 Å². The Morgan fingerprint density at radius 2 is 1.62 bits per heavy atom. The number of anilines is 2. The van der Waals surface area contributed by atoms with Crippen molar-refractivity contribution in [2.45, 2.75) is 39.5 Å². The average Bonchev–Trinajstić information content (AvgIpc) is 3.00. The summed E-state index contributed by atoms with van der Waals surface area (Å²) in [5.74, 6) is -1.11. The largest absolute Gasteiger partial charge is 0.350 e. The molecule has 0 aliphatic carbocycles. The van der Waals surface area contributed by atoms with Crippen LogP contribution in [0.5, 0.6) is 0 Å². The molecule has 0 bridgehead atoms. The Morgan fingerprint density at radius 3 is 2.34 bits per heavy atom. The van der Waals surface area contributed by atoms with Gasteiger partial charge in [-0.25, -0.2) is 4.90 Å². The molecule has 2 heterocycles. The van der Waals surface area contributed by atoms with Crippen molar-refractivity contribution >= 4 is 40.7 Å². The van der Waals surface area contributed by atoms with Crippen LogP contribution in [0.1, 0.15) is 47.2 Å². The molecule has 0 saturated carbocycles. The zero-order valence-electron chi connectivity index (χ0n) is 18.3. The molecule has 3 amide bonds. The molecule has 2 aliphatic heterocycles. The lowest BCUT2D eigenvalue weighted by atomic mass is 10.1. The van der Waals surface area contributed by atoms with Crippen molar-refractivity contribution in [2.24, 2.45) is 0 Å². The smallest absolute Gasteiger partial charge is 0.283 e. The highest BCUT2D eigenvalue weighted by molar-refractivity contribution is 6.53. The van der Waals surface area contributed by atoms with Crippen LogP contribution in [0.4, 0.5) is 11.4 Å². The molecule has 6 nitrogen and oxygen atoms in total. The van der Waals surface area contributed by atoms with Crippen molar-refractivity contribution in [1.29, 1.82) is 0 Å². The van der Waals surface area contributed by atoms with E-state index in [0.29, 0.717) is 16.9 Å². The maximum atomic E-state index is 13.1. The monoisotopic (exact) mass is 451 g/mol. The van der Waals surface area contributed by atoms with Crippen LogP contribution >= 0.6 is 11.6 Å². The summed E-state index contributed by atoms with van der Waals surface area (Å²) in [5, 5.41) is 2.81. The second kappa shape index (κ2) is 9.17. The number of nitrogens with one attached hydrogen (secondary N) is 1. The van der Waals surface area contributed by atoms with Crippen LogP contribution in [0.15, 0.2) is 53.2 Å². The summed E-state index contributed by atoms with van der Waals surface area (Å²) in [4.78, 5) is 41.9. The Balaban J connectivity index is 1.57. The molecule has 2 aliphatic rings. The highest BCUT2D eigenvalue weighted by Gasteiger charge is 2.39. The second-order valence-electron chi connectivity index (χ2n) is 8.27. The molecule has 0 atom stereocenters. The number of hydrogen-bond acceptors (Lipinski definition) is 4. The summed E-state index contributed by atoms with van der Waals surface area (Å²) < 4.78 is 0. The average molecular weight is 452 g/mol. The number of halogens is 1. The number of amides is 3. The Labute approximate surface area is 192 Å². The topological polar surface area (TPSA) is 69.7 Å². The van der Waals surface area contributed by atoms with Gasteiger partial charge in [-0.05, 0) is 62.1 Å². The minimum absolute atomic E-state index is 0.0111. The molecule has 2 aromatic rings. The number of aryl methyl sites for hydroxylation is 1. The first-order valence-corrected chi connectivity index (χ1v) is 11.3. The van der Waals surface area contributed by atoms with E-state index in [2.05, 4.69) is 5.32 Å². The van der Waals surface area contributed by atoms with E-state index in [4.69, 9.17) is 11.6 Å². The van der Waals surface area contributed by atoms with Crippen LogP contribution < -0.4 is 10.2 Å². The zero-order chi connectivity index (χ0) is 22.8. The van der Waals surface area contributed by atoms with Crippen molar-refractivity contribution in [3.05, 3.63) is 69.9 Å². The first-order valence-electron chi connectivity index (χ1n) is 10.9. The number of benzene rings is 2. The SMILES string of the molecule is Cc1cccc(N2C(=O)C(Cl)=C(Nc3cccc(C(=O)N4CCCCCC4)c3)C2=O)c1C.